The number of hydrogen-bond acceptors (Lipinski definition) is 8. The molecule has 2 aromatic carbocycles. The molecule has 42 heavy (non-hydrogen) atoms. The van der Waals surface area contributed by atoms with Gasteiger partial charge in [0.1, 0.15) is 0 Å². The van der Waals surface area contributed by atoms with Crippen LogP contribution in [-0.2, 0) is 35.8 Å². The molecule has 0 aromatic heterocycles. The molecule has 2 aromatic rings. The van der Waals surface area contributed by atoms with Gasteiger partial charge in [0.2, 0.25) is 15.9 Å². The molecule has 1 heterocycles. The van der Waals surface area contributed by atoms with E-state index < -0.39 is 41.1 Å². The second kappa shape index (κ2) is 14.5. The van der Waals surface area contributed by atoms with E-state index in [2.05, 4.69) is 4.90 Å². The standard InChI is InChI=1S/C27H36F3N3O6S3/c1-3-32(4-2)17-22-18-33(12-13-39-22)26(34)15-20(19-40-23-8-6-5-7-9-23)14-21-10-11-24(42(31,37)38)16-25(21)41(35,36)27(28,29)30/h5-11,16,20,22H,3-4,12-15,17-19H2,1-2H3,(H2,31,37,38)/t20-,22-/m1/s1. The van der Waals surface area contributed by atoms with E-state index in [1.165, 1.54) is 11.8 Å². The number of nitrogens with zero attached hydrogens (tertiary/aromatic N) is 2. The monoisotopic (exact) mass is 651 g/mol. The number of primary sulfonamides is 1. The molecule has 0 radical (unpaired) electrons. The first kappa shape index (κ1) is 34.3. The topological polar surface area (TPSA) is 127 Å². The molecular weight excluding hydrogens is 616 g/mol. The van der Waals surface area contributed by atoms with Crippen LogP contribution in [0.5, 0.6) is 0 Å². The molecule has 0 spiro atoms. The van der Waals surface area contributed by atoms with E-state index in [4.69, 9.17) is 9.88 Å². The summed E-state index contributed by atoms with van der Waals surface area (Å²) in [5.41, 5.74) is -5.91. The second-order valence-electron chi connectivity index (χ2n) is 9.98. The van der Waals surface area contributed by atoms with Crippen molar-refractivity contribution in [3.8, 4) is 0 Å². The fraction of sp³-hybridized carbons (Fsp3) is 0.519. The zero-order chi connectivity index (χ0) is 31.1. The van der Waals surface area contributed by atoms with Crippen LogP contribution in [0, 0.1) is 5.92 Å². The van der Waals surface area contributed by atoms with Crippen molar-refractivity contribution in [3.63, 3.8) is 0 Å². The summed E-state index contributed by atoms with van der Waals surface area (Å²) < 4.78 is 95.4. The predicted octanol–water partition coefficient (Wildman–Crippen LogP) is 3.54. The van der Waals surface area contributed by atoms with Gasteiger partial charge in [-0.3, -0.25) is 4.79 Å². The highest BCUT2D eigenvalue weighted by molar-refractivity contribution is 7.99. The summed E-state index contributed by atoms with van der Waals surface area (Å²) >= 11 is 1.39. The van der Waals surface area contributed by atoms with Crippen LogP contribution in [0.2, 0.25) is 0 Å². The van der Waals surface area contributed by atoms with Gasteiger partial charge in [-0.2, -0.15) is 13.2 Å². The van der Waals surface area contributed by atoms with Crippen LogP contribution in [0.3, 0.4) is 0 Å². The Bertz CT molecular complexity index is 1420. The number of halogens is 3. The van der Waals surface area contributed by atoms with Gasteiger partial charge in [0.15, 0.2) is 0 Å². The van der Waals surface area contributed by atoms with E-state index in [1.54, 1.807) is 4.90 Å². The molecule has 2 atom stereocenters. The van der Waals surface area contributed by atoms with Gasteiger partial charge in [-0.25, -0.2) is 22.0 Å². The van der Waals surface area contributed by atoms with Gasteiger partial charge in [0, 0.05) is 36.7 Å². The first-order valence-electron chi connectivity index (χ1n) is 13.4. The lowest BCUT2D eigenvalue weighted by molar-refractivity contribution is -0.140. The normalized spacial score (nSPS) is 17.4. The van der Waals surface area contributed by atoms with E-state index in [-0.39, 0.29) is 30.4 Å². The average molecular weight is 652 g/mol. The van der Waals surface area contributed by atoms with Crippen molar-refractivity contribution in [1.82, 2.24) is 9.80 Å². The molecule has 0 bridgehead atoms. The summed E-state index contributed by atoms with van der Waals surface area (Å²) in [6, 6.07) is 11.6. The highest BCUT2D eigenvalue weighted by atomic mass is 32.2. The fourth-order valence-electron chi connectivity index (χ4n) is 4.69. The quantitative estimate of drug-likeness (QED) is 0.326. The number of hydrogen-bond donors (Lipinski definition) is 1. The lowest BCUT2D eigenvalue weighted by Crippen LogP contribution is -2.50. The number of morpholine rings is 1. The first-order valence-corrected chi connectivity index (χ1v) is 17.4. The zero-order valence-corrected chi connectivity index (χ0v) is 25.9. The maximum absolute atomic E-state index is 13.6. The Morgan fingerprint density at radius 3 is 2.38 bits per heavy atom. The molecule has 234 valence electrons. The average Bonchev–Trinajstić information content (AvgIpc) is 2.94. The minimum Gasteiger partial charge on any atom is -0.373 e. The number of nitrogens with two attached hydrogens (primary N) is 1. The number of sulfone groups is 1. The molecule has 0 aliphatic carbocycles. The minimum absolute atomic E-state index is 0.0553. The third kappa shape index (κ3) is 9.16. The lowest BCUT2D eigenvalue weighted by Gasteiger charge is -2.36. The van der Waals surface area contributed by atoms with Gasteiger partial charge in [0.25, 0.3) is 9.84 Å². The Balaban J connectivity index is 1.91. The Hall–Kier alpha value is -2.17. The highest BCUT2D eigenvalue weighted by Crippen LogP contribution is 2.35. The van der Waals surface area contributed by atoms with Crippen molar-refractivity contribution in [2.24, 2.45) is 11.1 Å². The summed E-state index contributed by atoms with van der Waals surface area (Å²) in [5, 5.41) is 5.08. The van der Waals surface area contributed by atoms with E-state index in [0.717, 1.165) is 30.1 Å². The van der Waals surface area contributed by atoms with Gasteiger partial charge < -0.3 is 14.5 Å². The van der Waals surface area contributed by atoms with Crippen LogP contribution in [0.1, 0.15) is 25.8 Å². The second-order valence-corrected chi connectivity index (χ2v) is 14.5. The van der Waals surface area contributed by atoms with Crippen molar-refractivity contribution in [2.45, 2.75) is 53.0 Å². The van der Waals surface area contributed by atoms with Crippen LogP contribution >= 0.6 is 11.8 Å². The summed E-state index contributed by atoms with van der Waals surface area (Å²) in [6.07, 6.45) is -0.455. The van der Waals surface area contributed by atoms with Crippen molar-refractivity contribution in [3.05, 3.63) is 54.1 Å². The van der Waals surface area contributed by atoms with Crippen molar-refractivity contribution in [1.29, 1.82) is 0 Å². The van der Waals surface area contributed by atoms with Gasteiger partial charge in [-0.15, -0.1) is 11.8 Å². The Morgan fingerprint density at radius 1 is 1.12 bits per heavy atom. The Kier molecular flexibility index (Phi) is 11.9. The molecule has 1 fully saturated rings. The van der Waals surface area contributed by atoms with Crippen LogP contribution in [0.25, 0.3) is 0 Å². The summed E-state index contributed by atoms with van der Waals surface area (Å²) in [7, 11) is -10.4. The molecular formula is C27H36F3N3O6S3. The molecule has 1 aliphatic heterocycles. The summed E-state index contributed by atoms with van der Waals surface area (Å²) in [6.45, 7) is 7.46. The van der Waals surface area contributed by atoms with Gasteiger partial charge in [0.05, 0.1) is 22.5 Å². The van der Waals surface area contributed by atoms with Crippen LogP contribution in [-0.4, -0.2) is 89.2 Å². The van der Waals surface area contributed by atoms with Gasteiger partial charge in [-0.1, -0.05) is 38.1 Å². The maximum Gasteiger partial charge on any atom is 0.501 e. The Labute approximate surface area is 249 Å². The molecule has 9 nitrogen and oxygen atoms in total. The molecule has 1 amide bonds. The van der Waals surface area contributed by atoms with E-state index in [0.29, 0.717) is 38.1 Å². The van der Waals surface area contributed by atoms with E-state index in [9.17, 15) is 34.8 Å². The number of amides is 1. The van der Waals surface area contributed by atoms with Crippen LogP contribution in [0.4, 0.5) is 13.2 Å². The summed E-state index contributed by atoms with van der Waals surface area (Å²) in [4.78, 5) is 16.2. The molecule has 3 rings (SSSR count). The largest absolute Gasteiger partial charge is 0.501 e. The van der Waals surface area contributed by atoms with Crippen LogP contribution in [0.15, 0.2) is 63.2 Å². The molecule has 15 heteroatoms. The molecule has 2 N–H and O–H groups in total. The number of carbonyl (C=O) groups excluding carboxylic acids is 1. The highest BCUT2D eigenvalue weighted by Gasteiger charge is 2.48. The number of carbonyl (C=O) groups is 1. The number of benzene rings is 2. The molecule has 1 saturated heterocycles. The van der Waals surface area contributed by atoms with Crippen molar-refractivity contribution in [2.75, 3.05) is 45.1 Å². The maximum atomic E-state index is 13.6. The Morgan fingerprint density at radius 2 is 1.79 bits per heavy atom. The van der Waals surface area contributed by atoms with Crippen molar-refractivity contribution >= 4 is 37.5 Å². The number of sulfonamides is 1. The molecule has 0 unspecified atom stereocenters. The third-order valence-electron chi connectivity index (χ3n) is 7.01. The minimum atomic E-state index is -5.92. The zero-order valence-electron chi connectivity index (χ0n) is 23.4. The number of ether oxygens (including phenoxy) is 1. The number of rotatable bonds is 13. The van der Waals surface area contributed by atoms with Gasteiger partial charge in [-0.05, 0) is 55.3 Å². The smallest absolute Gasteiger partial charge is 0.373 e. The third-order valence-corrected chi connectivity index (χ3v) is 10.7. The number of alkyl halides is 3. The molecule has 1 aliphatic rings. The van der Waals surface area contributed by atoms with Gasteiger partial charge >= 0.3 is 5.51 Å². The van der Waals surface area contributed by atoms with E-state index >= 15 is 0 Å². The summed E-state index contributed by atoms with van der Waals surface area (Å²) in [5.74, 6) is -0.497. The van der Waals surface area contributed by atoms with Crippen molar-refractivity contribution < 1.29 is 39.5 Å². The predicted molar refractivity (Wildman–Crippen MR) is 154 cm³/mol. The molecule has 0 saturated carbocycles. The fourth-order valence-corrected chi connectivity index (χ4v) is 7.35. The SMILES string of the molecule is CCN(CC)C[C@@H]1CN(C(=O)C[C@H](CSc2ccccc2)Cc2ccc(S(N)(=O)=O)cc2S(=O)(=O)C(F)(F)F)CCO1. The van der Waals surface area contributed by atoms with Crippen LogP contribution < -0.4 is 5.14 Å². The van der Waals surface area contributed by atoms with E-state index in [1.807, 2.05) is 44.2 Å². The lowest BCUT2D eigenvalue weighted by atomic mass is 9.97. The first-order chi connectivity index (χ1) is 19.7. The number of thioether (sulfide) groups is 1. The number of likely N-dealkylation sites (N-methyl/N-ethyl adjacent to an activating group) is 1.